The van der Waals surface area contributed by atoms with Gasteiger partial charge in [0.1, 0.15) is 5.75 Å². The monoisotopic (exact) mass is 263 g/mol. The highest BCUT2D eigenvalue weighted by molar-refractivity contribution is 5.92. The number of aliphatic hydroxyl groups is 1. The quantitative estimate of drug-likeness (QED) is 0.798. The first-order valence-electron chi connectivity index (χ1n) is 6.15. The first-order valence-corrected chi connectivity index (χ1v) is 6.15. The van der Waals surface area contributed by atoms with Crippen LogP contribution in [0, 0.1) is 6.92 Å². The summed E-state index contributed by atoms with van der Waals surface area (Å²) in [4.78, 5) is 11.6. The number of methoxy groups -OCH3 is 1. The van der Waals surface area contributed by atoms with E-state index in [9.17, 15) is 9.90 Å². The predicted molar refractivity (Wildman–Crippen MR) is 76.1 cm³/mol. The lowest BCUT2D eigenvalue weighted by molar-refractivity contribution is -0.117. The molecule has 0 radical (unpaired) electrons. The van der Waals surface area contributed by atoms with Crippen molar-refractivity contribution in [2.45, 2.75) is 26.4 Å². The summed E-state index contributed by atoms with van der Waals surface area (Å²) in [6.07, 6.45) is 3.13. The summed E-state index contributed by atoms with van der Waals surface area (Å²) >= 11 is 0. The van der Waals surface area contributed by atoms with E-state index in [1.165, 1.54) is 6.08 Å². The molecule has 0 bridgehead atoms. The Hall–Kier alpha value is -1.81. The highest BCUT2D eigenvalue weighted by Crippen LogP contribution is 2.20. The van der Waals surface area contributed by atoms with Crippen molar-refractivity contribution in [1.82, 2.24) is 5.32 Å². The third-order valence-corrected chi connectivity index (χ3v) is 2.49. The fourth-order valence-electron chi connectivity index (χ4n) is 1.51. The molecule has 0 saturated carbocycles. The molecule has 0 unspecified atom stereocenters. The summed E-state index contributed by atoms with van der Waals surface area (Å²) in [5.74, 6) is 0.475. The van der Waals surface area contributed by atoms with Crippen LogP contribution >= 0.6 is 0 Å². The van der Waals surface area contributed by atoms with Crippen LogP contribution < -0.4 is 10.1 Å². The number of carbonyl (C=O) groups excluding carboxylic acids is 1. The molecule has 0 saturated heterocycles. The third-order valence-electron chi connectivity index (χ3n) is 2.49. The molecule has 104 valence electrons. The van der Waals surface area contributed by atoms with Gasteiger partial charge < -0.3 is 15.2 Å². The zero-order valence-electron chi connectivity index (χ0n) is 11.9. The number of rotatable bonds is 5. The standard InChI is InChI=1S/C15H21NO3/c1-11-5-7-13(19-4)12(9-11)6-8-14(17)16-10-15(2,3)18/h5-9,18H,10H2,1-4H3,(H,16,17). The number of ether oxygens (including phenoxy) is 1. The minimum Gasteiger partial charge on any atom is -0.496 e. The van der Waals surface area contributed by atoms with Gasteiger partial charge in [-0.15, -0.1) is 0 Å². The van der Waals surface area contributed by atoms with Gasteiger partial charge in [-0.25, -0.2) is 0 Å². The summed E-state index contributed by atoms with van der Waals surface area (Å²) < 4.78 is 5.22. The number of hydrogen-bond acceptors (Lipinski definition) is 3. The molecule has 1 aromatic rings. The van der Waals surface area contributed by atoms with Crippen LogP contribution in [0.1, 0.15) is 25.0 Å². The van der Waals surface area contributed by atoms with Gasteiger partial charge in [0.15, 0.2) is 0 Å². The van der Waals surface area contributed by atoms with Crippen LogP contribution in [0.4, 0.5) is 0 Å². The minimum absolute atomic E-state index is 0.209. The van der Waals surface area contributed by atoms with E-state index in [-0.39, 0.29) is 12.5 Å². The molecule has 4 nitrogen and oxygen atoms in total. The second kappa shape index (κ2) is 6.38. The van der Waals surface area contributed by atoms with Gasteiger partial charge in [0.05, 0.1) is 12.7 Å². The molecule has 0 heterocycles. The largest absolute Gasteiger partial charge is 0.496 e. The average molecular weight is 263 g/mol. The van der Waals surface area contributed by atoms with E-state index in [0.717, 1.165) is 16.9 Å². The van der Waals surface area contributed by atoms with Gasteiger partial charge in [-0.1, -0.05) is 11.6 Å². The van der Waals surface area contributed by atoms with Crippen molar-refractivity contribution < 1.29 is 14.6 Å². The molecular formula is C15H21NO3. The topological polar surface area (TPSA) is 58.6 Å². The number of benzene rings is 1. The molecule has 0 aliphatic rings. The number of hydrogen-bond donors (Lipinski definition) is 2. The Kier molecular flexibility index (Phi) is 5.12. The van der Waals surface area contributed by atoms with Crippen LogP contribution in [-0.4, -0.2) is 30.3 Å². The minimum atomic E-state index is -0.912. The molecule has 0 atom stereocenters. The highest BCUT2D eigenvalue weighted by atomic mass is 16.5. The van der Waals surface area contributed by atoms with Crippen LogP contribution in [0.5, 0.6) is 5.75 Å². The van der Waals surface area contributed by atoms with Crippen molar-refractivity contribution in [1.29, 1.82) is 0 Å². The van der Waals surface area contributed by atoms with Crippen LogP contribution in [0.25, 0.3) is 6.08 Å². The Morgan fingerprint density at radius 2 is 2.16 bits per heavy atom. The summed E-state index contributed by atoms with van der Waals surface area (Å²) in [5, 5.41) is 12.1. The van der Waals surface area contributed by atoms with Crippen LogP contribution in [0.15, 0.2) is 24.3 Å². The van der Waals surface area contributed by atoms with Gasteiger partial charge in [0, 0.05) is 18.2 Å². The molecule has 0 aromatic heterocycles. The van der Waals surface area contributed by atoms with Crippen LogP contribution in [-0.2, 0) is 4.79 Å². The van der Waals surface area contributed by atoms with E-state index in [2.05, 4.69) is 5.32 Å². The lowest BCUT2D eigenvalue weighted by atomic mass is 10.1. The molecule has 2 N–H and O–H groups in total. The maximum Gasteiger partial charge on any atom is 0.244 e. The van der Waals surface area contributed by atoms with Gasteiger partial charge in [-0.2, -0.15) is 0 Å². The Morgan fingerprint density at radius 1 is 1.47 bits per heavy atom. The zero-order valence-corrected chi connectivity index (χ0v) is 11.9. The molecule has 4 heteroatoms. The van der Waals surface area contributed by atoms with E-state index < -0.39 is 5.60 Å². The van der Waals surface area contributed by atoms with E-state index in [4.69, 9.17) is 4.74 Å². The molecule has 19 heavy (non-hydrogen) atoms. The summed E-state index contributed by atoms with van der Waals surface area (Å²) in [7, 11) is 1.59. The smallest absolute Gasteiger partial charge is 0.244 e. The second-order valence-corrected chi connectivity index (χ2v) is 5.11. The average Bonchev–Trinajstić information content (AvgIpc) is 2.33. The maximum absolute atomic E-state index is 11.6. The van der Waals surface area contributed by atoms with Crippen LogP contribution in [0.2, 0.25) is 0 Å². The molecule has 0 spiro atoms. The van der Waals surface area contributed by atoms with E-state index in [1.54, 1.807) is 27.0 Å². The molecule has 1 rings (SSSR count). The van der Waals surface area contributed by atoms with Crippen molar-refractivity contribution in [3.05, 3.63) is 35.4 Å². The third kappa shape index (κ3) is 5.57. The van der Waals surface area contributed by atoms with Crippen molar-refractivity contribution in [2.24, 2.45) is 0 Å². The summed E-state index contributed by atoms with van der Waals surface area (Å²) in [6.45, 7) is 5.47. The maximum atomic E-state index is 11.6. The lowest BCUT2D eigenvalue weighted by Crippen LogP contribution is -2.37. The predicted octanol–water partition coefficient (Wildman–Crippen LogP) is 1.90. The van der Waals surface area contributed by atoms with Crippen molar-refractivity contribution >= 4 is 12.0 Å². The summed E-state index contributed by atoms with van der Waals surface area (Å²) in [5.41, 5.74) is 1.03. The van der Waals surface area contributed by atoms with Crippen molar-refractivity contribution in [3.8, 4) is 5.75 Å². The number of nitrogens with one attached hydrogen (secondary N) is 1. The fraction of sp³-hybridized carbons (Fsp3) is 0.400. The van der Waals surface area contributed by atoms with E-state index in [0.29, 0.717) is 0 Å². The van der Waals surface area contributed by atoms with Gasteiger partial charge in [0.25, 0.3) is 0 Å². The van der Waals surface area contributed by atoms with Crippen LogP contribution in [0.3, 0.4) is 0 Å². The number of aryl methyl sites for hydroxylation is 1. The number of carbonyl (C=O) groups is 1. The lowest BCUT2D eigenvalue weighted by Gasteiger charge is -2.16. The molecule has 0 aliphatic carbocycles. The highest BCUT2D eigenvalue weighted by Gasteiger charge is 2.12. The van der Waals surface area contributed by atoms with Crippen molar-refractivity contribution in [3.63, 3.8) is 0 Å². The number of amides is 1. The molecule has 1 amide bonds. The summed E-state index contributed by atoms with van der Waals surface area (Å²) in [6, 6.07) is 5.76. The second-order valence-electron chi connectivity index (χ2n) is 5.11. The van der Waals surface area contributed by atoms with Gasteiger partial charge in [-0.3, -0.25) is 4.79 Å². The fourth-order valence-corrected chi connectivity index (χ4v) is 1.51. The Bertz CT molecular complexity index is 473. The SMILES string of the molecule is COc1ccc(C)cc1C=CC(=O)NCC(C)(C)O. The zero-order chi connectivity index (χ0) is 14.5. The molecule has 0 fully saturated rings. The first-order chi connectivity index (χ1) is 8.81. The van der Waals surface area contributed by atoms with E-state index >= 15 is 0 Å². The first kappa shape index (κ1) is 15.2. The molecule has 1 aromatic carbocycles. The van der Waals surface area contributed by atoms with Crippen molar-refractivity contribution in [2.75, 3.05) is 13.7 Å². The molecular weight excluding hydrogens is 242 g/mol. The van der Waals surface area contributed by atoms with Gasteiger partial charge >= 0.3 is 0 Å². The Balaban J connectivity index is 2.71. The Morgan fingerprint density at radius 3 is 2.74 bits per heavy atom. The Labute approximate surface area is 114 Å². The van der Waals surface area contributed by atoms with Gasteiger partial charge in [0.2, 0.25) is 5.91 Å². The molecule has 0 aliphatic heterocycles. The van der Waals surface area contributed by atoms with Gasteiger partial charge in [-0.05, 0) is 39.0 Å². The normalized spacial score (nSPS) is 11.6. The van der Waals surface area contributed by atoms with E-state index in [1.807, 2.05) is 25.1 Å².